The third kappa shape index (κ3) is 3.31. The number of imide groups is 1. The van der Waals surface area contributed by atoms with Crippen molar-refractivity contribution in [2.24, 2.45) is 0 Å². The summed E-state index contributed by atoms with van der Waals surface area (Å²) in [6, 6.07) is 18.6. The highest BCUT2D eigenvalue weighted by Gasteiger charge is 2.32. The summed E-state index contributed by atoms with van der Waals surface area (Å²) < 4.78 is 0. The quantitative estimate of drug-likeness (QED) is 0.122. The summed E-state index contributed by atoms with van der Waals surface area (Å²) in [4.78, 5) is 64.5. The number of aldehydes is 1. The lowest BCUT2D eigenvalue weighted by Gasteiger charge is -2.26. The molecule has 8 heteroatoms. The average molecular weight is 541 g/mol. The molecule has 3 amide bonds. The van der Waals surface area contributed by atoms with Gasteiger partial charge in [0.15, 0.2) is 6.29 Å². The number of carboxylic acid groups (broad SMARTS) is 1. The number of anilines is 1. The maximum Gasteiger partial charge on any atom is 0.335 e. The molecule has 1 aliphatic heterocycles. The first-order valence-corrected chi connectivity index (χ1v) is 12.8. The summed E-state index contributed by atoms with van der Waals surface area (Å²) in [5.41, 5.74) is 2.52. The number of aryl methyl sites for hydroxylation is 1. The minimum atomic E-state index is -1.11. The van der Waals surface area contributed by atoms with Gasteiger partial charge in [-0.3, -0.25) is 24.1 Å². The molecule has 198 valence electrons. The van der Waals surface area contributed by atoms with Crippen LogP contribution in [0.3, 0.4) is 0 Å². The highest BCUT2D eigenvalue weighted by Crippen LogP contribution is 2.45. The number of rotatable bonds is 4. The van der Waals surface area contributed by atoms with Crippen LogP contribution in [0.25, 0.3) is 43.1 Å². The van der Waals surface area contributed by atoms with E-state index < -0.39 is 11.9 Å². The maximum atomic E-state index is 13.6. The van der Waals surface area contributed by atoms with Gasteiger partial charge in [0.1, 0.15) is 0 Å². The molecule has 0 atom stereocenters. The first-order chi connectivity index (χ1) is 19.7. The van der Waals surface area contributed by atoms with Gasteiger partial charge in [-0.1, -0.05) is 30.3 Å². The Bertz CT molecular complexity index is 2140. The van der Waals surface area contributed by atoms with Gasteiger partial charge >= 0.3 is 5.97 Å². The van der Waals surface area contributed by atoms with Gasteiger partial charge in [0.2, 0.25) is 0 Å². The lowest BCUT2D eigenvalue weighted by molar-refractivity contribution is 0.0647. The summed E-state index contributed by atoms with van der Waals surface area (Å²) in [5.74, 6) is -2.34. The Kier molecular flexibility index (Phi) is 5.02. The topological polar surface area (TPSA) is 121 Å². The van der Waals surface area contributed by atoms with E-state index >= 15 is 0 Å². The minimum absolute atomic E-state index is 0.0468. The monoisotopic (exact) mass is 540 g/mol. The van der Waals surface area contributed by atoms with Crippen LogP contribution in [-0.4, -0.2) is 47.0 Å². The van der Waals surface area contributed by atoms with E-state index in [9.17, 15) is 29.1 Å². The molecule has 0 aliphatic carbocycles. The first kappa shape index (κ1) is 24.4. The van der Waals surface area contributed by atoms with E-state index in [2.05, 4.69) is 5.32 Å². The summed E-state index contributed by atoms with van der Waals surface area (Å²) >= 11 is 0. The molecule has 1 heterocycles. The number of nitrogens with zero attached hydrogens (tertiary/aromatic N) is 1. The van der Waals surface area contributed by atoms with Crippen molar-refractivity contribution in [2.75, 3.05) is 12.4 Å². The lowest BCUT2D eigenvalue weighted by atomic mass is 9.83. The maximum absolute atomic E-state index is 13.6. The fourth-order valence-electron chi connectivity index (χ4n) is 6.19. The summed E-state index contributed by atoms with van der Waals surface area (Å²) in [6.07, 6.45) is 0.706. The molecule has 6 aromatic carbocycles. The van der Waals surface area contributed by atoms with Crippen molar-refractivity contribution in [3.8, 4) is 0 Å². The van der Waals surface area contributed by atoms with E-state index in [0.717, 1.165) is 31.8 Å². The van der Waals surface area contributed by atoms with E-state index in [0.29, 0.717) is 50.4 Å². The molecular weight excluding hydrogens is 520 g/mol. The number of fused-ring (bicyclic) bond motifs is 2. The molecule has 6 aromatic rings. The zero-order valence-corrected chi connectivity index (χ0v) is 21.9. The molecule has 41 heavy (non-hydrogen) atoms. The number of nitrogens with one attached hydrogen (secondary N) is 1. The van der Waals surface area contributed by atoms with Gasteiger partial charge in [-0.15, -0.1) is 0 Å². The molecule has 0 saturated heterocycles. The van der Waals surface area contributed by atoms with Crippen LogP contribution in [0.1, 0.15) is 57.4 Å². The second-order valence-corrected chi connectivity index (χ2v) is 10.3. The second-order valence-electron chi connectivity index (χ2n) is 10.3. The molecule has 7 rings (SSSR count). The zero-order valence-electron chi connectivity index (χ0n) is 21.9. The van der Waals surface area contributed by atoms with Crippen molar-refractivity contribution in [1.29, 1.82) is 0 Å². The largest absolute Gasteiger partial charge is 0.478 e. The van der Waals surface area contributed by atoms with Crippen LogP contribution in [0.4, 0.5) is 5.69 Å². The van der Waals surface area contributed by atoms with Crippen LogP contribution in [0.15, 0.2) is 66.7 Å². The van der Waals surface area contributed by atoms with Crippen LogP contribution < -0.4 is 5.32 Å². The summed E-state index contributed by atoms with van der Waals surface area (Å²) in [7, 11) is 1.47. The summed E-state index contributed by atoms with van der Waals surface area (Å²) in [6.45, 7) is 1.74. The van der Waals surface area contributed by atoms with Crippen molar-refractivity contribution in [1.82, 2.24) is 4.90 Å². The van der Waals surface area contributed by atoms with Gasteiger partial charge in [-0.05, 0) is 81.2 Å². The SMILES string of the molecule is Cc1cc(NC(=O)c2ccc3c4ccc5c6c(ccc(c7ccc(C=O)c2c73)c64)C(=O)N(C)C5=O)cc(C(=O)O)c1. The third-order valence-electron chi connectivity index (χ3n) is 7.96. The number of hydrogen-bond acceptors (Lipinski definition) is 5. The normalized spacial score (nSPS) is 13.1. The Balaban J connectivity index is 1.52. The first-order valence-electron chi connectivity index (χ1n) is 12.8. The Morgan fingerprint density at radius 3 is 1.90 bits per heavy atom. The van der Waals surface area contributed by atoms with Crippen LogP contribution in [0.5, 0.6) is 0 Å². The Morgan fingerprint density at radius 2 is 1.32 bits per heavy atom. The Morgan fingerprint density at radius 1 is 0.756 bits per heavy atom. The van der Waals surface area contributed by atoms with Gasteiger partial charge < -0.3 is 10.4 Å². The van der Waals surface area contributed by atoms with Crippen LogP contribution >= 0.6 is 0 Å². The average Bonchev–Trinajstić information content (AvgIpc) is 2.96. The van der Waals surface area contributed by atoms with Crippen molar-refractivity contribution < 1.29 is 29.1 Å². The smallest absolute Gasteiger partial charge is 0.335 e. The van der Waals surface area contributed by atoms with Gasteiger partial charge in [0.25, 0.3) is 17.7 Å². The molecule has 0 fully saturated rings. The van der Waals surface area contributed by atoms with Crippen molar-refractivity contribution in [3.05, 3.63) is 100 Å². The van der Waals surface area contributed by atoms with E-state index in [1.54, 1.807) is 43.3 Å². The lowest BCUT2D eigenvalue weighted by Crippen LogP contribution is -2.36. The highest BCUT2D eigenvalue weighted by atomic mass is 16.4. The van der Waals surface area contributed by atoms with Crippen molar-refractivity contribution in [3.63, 3.8) is 0 Å². The molecule has 8 nitrogen and oxygen atoms in total. The van der Waals surface area contributed by atoms with E-state index in [4.69, 9.17) is 0 Å². The molecule has 0 bridgehead atoms. The van der Waals surface area contributed by atoms with Crippen molar-refractivity contribution in [2.45, 2.75) is 6.92 Å². The van der Waals surface area contributed by atoms with Gasteiger partial charge in [0.05, 0.1) is 5.56 Å². The summed E-state index contributed by atoms with van der Waals surface area (Å²) in [5, 5.41) is 17.9. The number of hydrogen-bond donors (Lipinski definition) is 2. The van der Waals surface area contributed by atoms with Gasteiger partial charge in [0, 0.05) is 45.8 Å². The molecule has 0 saturated carbocycles. The molecule has 0 unspecified atom stereocenters. The highest BCUT2D eigenvalue weighted by molar-refractivity contribution is 6.40. The van der Waals surface area contributed by atoms with Crippen LogP contribution in [0, 0.1) is 6.92 Å². The minimum Gasteiger partial charge on any atom is -0.478 e. The van der Waals surface area contributed by atoms with Crippen LogP contribution in [0.2, 0.25) is 0 Å². The van der Waals surface area contributed by atoms with E-state index in [1.807, 2.05) is 18.2 Å². The Labute approximate surface area is 232 Å². The van der Waals surface area contributed by atoms with Crippen LogP contribution in [-0.2, 0) is 0 Å². The predicted molar refractivity (Wildman–Crippen MR) is 156 cm³/mol. The van der Waals surface area contributed by atoms with E-state index in [-0.39, 0.29) is 22.9 Å². The molecule has 1 aliphatic rings. The molecular formula is C33H20N2O6. The fraction of sp³-hybridized carbons (Fsp3) is 0.0606. The standard InChI is InChI=1S/C33H20N2O6/c1-15-11-17(33(40)41)13-18(12-15)34-30(37)23-8-5-20-22-7-10-25-29-24(31(38)35(2)32(25)39)9-6-21(28(22)29)19-4-3-16(14-36)26(23)27(19)20/h3-14H,1-2H3,(H,34,37)(H,40,41). The van der Waals surface area contributed by atoms with Gasteiger partial charge in [-0.25, -0.2) is 4.79 Å². The number of benzene rings is 6. The predicted octanol–water partition coefficient (Wildman–Crippen LogP) is 6.03. The fourth-order valence-corrected chi connectivity index (χ4v) is 6.19. The van der Waals surface area contributed by atoms with Crippen molar-refractivity contribution >= 4 is 78.8 Å². The zero-order chi connectivity index (χ0) is 28.7. The third-order valence-corrected chi connectivity index (χ3v) is 7.96. The van der Waals surface area contributed by atoms with E-state index in [1.165, 1.54) is 19.2 Å². The number of amides is 3. The number of carboxylic acids is 1. The number of carbonyl (C=O) groups is 5. The molecule has 0 spiro atoms. The molecule has 0 radical (unpaired) electrons. The number of carbonyl (C=O) groups excluding carboxylic acids is 4. The molecule has 2 N–H and O–H groups in total. The second kappa shape index (κ2) is 8.43. The molecule has 0 aromatic heterocycles. The Hall–Kier alpha value is -5.63. The van der Waals surface area contributed by atoms with Gasteiger partial charge in [-0.2, -0.15) is 0 Å². The number of aromatic carboxylic acids is 1.